The Morgan fingerprint density at radius 3 is 2.26 bits per heavy atom. The lowest BCUT2D eigenvalue weighted by atomic mass is 10.0. The van der Waals surface area contributed by atoms with Gasteiger partial charge in [-0.25, -0.2) is 0 Å². The molecule has 0 bridgehead atoms. The van der Waals surface area contributed by atoms with Crippen molar-refractivity contribution in [1.29, 1.82) is 0 Å². The second-order valence-electron chi connectivity index (χ2n) is 7.96. The first-order valence-corrected chi connectivity index (χ1v) is 12.7. The van der Waals surface area contributed by atoms with Gasteiger partial charge in [-0.05, 0) is 56.8 Å². The van der Waals surface area contributed by atoms with Crippen molar-refractivity contribution < 1.29 is 0 Å². The predicted molar refractivity (Wildman–Crippen MR) is 160 cm³/mol. The lowest BCUT2D eigenvalue weighted by Gasteiger charge is -2.17. The van der Waals surface area contributed by atoms with Crippen LogP contribution in [0.3, 0.4) is 0 Å². The van der Waals surface area contributed by atoms with Crippen LogP contribution in [0.5, 0.6) is 0 Å². The molecule has 0 aromatic rings. The van der Waals surface area contributed by atoms with Gasteiger partial charge in [-0.1, -0.05) is 90.7 Å². The smallest absolute Gasteiger partial charge is 0.115 e. The Morgan fingerprint density at radius 1 is 1.14 bits per heavy atom. The van der Waals surface area contributed by atoms with Crippen LogP contribution in [0.25, 0.3) is 0 Å². The van der Waals surface area contributed by atoms with E-state index in [2.05, 4.69) is 91.8 Å². The number of nitrogens with one attached hydrogen (secondary N) is 3. The van der Waals surface area contributed by atoms with Crippen LogP contribution >= 0.6 is 0 Å². The molecule has 3 N–H and O–H groups in total. The fraction of sp³-hybridized carbons (Fsp3) is 0.467. The largest absolute Gasteiger partial charge is 0.380 e. The van der Waals surface area contributed by atoms with E-state index in [-0.39, 0.29) is 5.92 Å². The molecule has 0 radical (unpaired) electrons. The van der Waals surface area contributed by atoms with Crippen LogP contribution in [0.1, 0.15) is 75.2 Å². The minimum Gasteiger partial charge on any atom is -0.380 e. The molecule has 0 amide bonds. The summed E-state index contributed by atoms with van der Waals surface area (Å²) in [5, 5.41) is 11.1. The summed E-state index contributed by atoms with van der Waals surface area (Å²) in [6.45, 7) is 31.0. The molecule has 1 rings (SSSR count). The van der Waals surface area contributed by atoms with Crippen molar-refractivity contribution in [3.63, 3.8) is 0 Å². The van der Waals surface area contributed by atoms with Crippen molar-refractivity contribution in [3.05, 3.63) is 84.1 Å². The summed E-state index contributed by atoms with van der Waals surface area (Å²) in [6.07, 6.45) is 11.9. The van der Waals surface area contributed by atoms with Gasteiger partial charge >= 0.3 is 0 Å². The molecule has 5 heteroatoms. The summed E-state index contributed by atoms with van der Waals surface area (Å²) >= 11 is 0. The zero-order valence-electron chi connectivity index (χ0n) is 24.1. The second kappa shape index (κ2) is 20.3. The zero-order chi connectivity index (χ0) is 27.4. The van der Waals surface area contributed by atoms with Gasteiger partial charge in [0.15, 0.2) is 0 Å². The molecule has 0 saturated heterocycles. The van der Waals surface area contributed by atoms with Gasteiger partial charge < -0.3 is 10.6 Å². The van der Waals surface area contributed by atoms with Crippen LogP contribution in [0.4, 0.5) is 0 Å². The molecule has 0 aromatic heterocycles. The average Bonchev–Trinajstić information content (AvgIpc) is 3.02. The molecule has 0 aromatic carbocycles. The first-order chi connectivity index (χ1) is 16.7. The van der Waals surface area contributed by atoms with Crippen molar-refractivity contribution in [1.82, 2.24) is 16.1 Å². The highest BCUT2D eigenvalue weighted by Crippen LogP contribution is 2.22. The van der Waals surface area contributed by atoms with Gasteiger partial charge in [-0.2, -0.15) is 5.10 Å². The van der Waals surface area contributed by atoms with Crippen LogP contribution in [0.2, 0.25) is 0 Å². The Hall–Kier alpha value is -3.08. The minimum atomic E-state index is 0.147. The minimum absolute atomic E-state index is 0.147. The zero-order valence-corrected chi connectivity index (χ0v) is 24.1. The van der Waals surface area contributed by atoms with Gasteiger partial charge in [0.1, 0.15) is 11.5 Å². The monoisotopic (exact) mass is 481 g/mol. The van der Waals surface area contributed by atoms with E-state index in [0.29, 0.717) is 18.0 Å². The Morgan fingerprint density at radius 2 is 1.77 bits per heavy atom. The predicted octanol–water partition coefficient (Wildman–Crippen LogP) is 7.58. The fourth-order valence-corrected chi connectivity index (χ4v) is 3.02. The van der Waals surface area contributed by atoms with Crippen molar-refractivity contribution in [3.8, 4) is 0 Å². The molecule has 0 spiro atoms. The van der Waals surface area contributed by atoms with E-state index in [1.54, 1.807) is 0 Å². The van der Waals surface area contributed by atoms with E-state index >= 15 is 0 Å². The summed E-state index contributed by atoms with van der Waals surface area (Å²) in [6, 6.07) is 0. The lowest BCUT2D eigenvalue weighted by molar-refractivity contribution is 0.763. The number of hydrogen-bond donors (Lipinski definition) is 3. The maximum atomic E-state index is 4.58. The van der Waals surface area contributed by atoms with Crippen LogP contribution in [-0.2, 0) is 0 Å². The summed E-state index contributed by atoms with van der Waals surface area (Å²) in [7, 11) is 1.85. The van der Waals surface area contributed by atoms with Gasteiger partial charge in [0.25, 0.3) is 0 Å². The highest BCUT2D eigenvalue weighted by molar-refractivity contribution is 6.48. The van der Waals surface area contributed by atoms with Crippen LogP contribution in [0.15, 0.2) is 94.1 Å². The molecule has 1 aliphatic carbocycles. The van der Waals surface area contributed by atoms with Gasteiger partial charge in [0.2, 0.25) is 0 Å². The molecule has 0 saturated carbocycles. The number of hydrazone groups is 1. The maximum Gasteiger partial charge on any atom is 0.115 e. The molecular formula is C30H51N5. The van der Waals surface area contributed by atoms with Crippen LogP contribution in [-0.4, -0.2) is 25.0 Å². The topological polar surface area (TPSA) is 60.8 Å². The Kier molecular flexibility index (Phi) is 19.8. The quantitative estimate of drug-likeness (QED) is 0.153. The van der Waals surface area contributed by atoms with Gasteiger partial charge in [0.05, 0.1) is 11.4 Å². The van der Waals surface area contributed by atoms with E-state index < -0.39 is 0 Å². The molecule has 0 unspecified atom stereocenters. The standard InChI is InChI=1S/C26H39N5.2C2H6/c1-10-24(27-9)30-31-25(19(5)6)26(28-11-2)21(8)29-17-22-13-12-20(7)23(15-14-22)16-18(3)4;2*1-2/h10-11,13-15,19,27,29-30H,2-3,8,12,16-17H2,1,4-7,9H3;2*1-2H3/b24-10?,28-26?,31-25+;;. The van der Waals surface area contributed by atoms with Crippen LogP contribution < -0.4 is 16.1 Å². The molecule has 0 aliphatic heterocycles. The number of hydrogen-bond acceptors (Lipinski definition) is 5. The summed E-state index contributed by atoms with van der Waals surface area (Å²) < 4.78 is 0. The molecule has 196 valence electrons. The highest BCUT2D eigenvalue weighted by atomic mass is 15.3. The summed E-state index contributed by atoms with van der Waals surface area (Å²) in [5.74, 6) is 0.963. The Balaban J connectivity index is 0. The maximum absolute atomic E-state index is 4.58. The van der Waals surface area contributed by atoms with Crippen molar-refractivity contribution in [2.45, 2.75) is 75.2 Å². The Labute approximate surface area is 216 Å². The van der Waals surface area contributed by atoms with E-state index in [1.807, 2.05) is 47.7 Å². The average molecular weight is 482 g/mol. The number of rotatable bonds is 12. The number of nitrogens with zero attached hydrogens (tertiary/aromatic N) is 2. The molecular weight excluding hydrogens is 430 g/mol. The van der Waals surface area contributed by atoms with Crippen molar-refractivity contribution in [2.24, 2.45) is 16.0 Å². The van der Waals surface area contributed by atoms with Crippen molar-refractivity contribution in [2.75, 3.05) is 13.6 Å². The van der Waals surface area contributed by atoms with Gasteiger partial charge in [-0.3, -0.25) is 10.4 Å². The van der Waals surface area contributed by atoms with E-state index in [0.717, 1.165) is 24.4 Å². The van der Waals surface area contributed by atoms with Crippen molar-refractivity contribution >= 4 is 11.4 Å². The third kappa shape index (κ3) is 13.4. The lowest BCUT2D eigenvalue weighted by Crippen LogP contribution is -2.32. The van der Waals surface area contributed by atoms with Gasteiger partial charge in [-0.15, -0.1) is 0 Å². The number of allylic oxidation sites excluding steroid dienone is 7. The van der Waals surface area contributed by atoms with Crippen LogP contribution in [0, 0.1) is 5.92 Å². The second-order valence-corrected chi connectivity index (χ2v) is 7.96. The fourth-order valence-electron chi connectivity index (χ4n) is 3.02. The molecule has 0 fully saturated rings. The van der Waals surface area contributed by atoms with E-state index in [9.17, 15) is 0 Å². The summed E-state index contributed by atoms with van der Waals surface area (Å²) in [5.41, 5.74) is 10.4. The molecule has 5 nitrogen and oxygen atoms in total. The Bertz CT molecular complexity index is 861. The molecule has 0 atom stereocenters. The summed E-state index contributed by atoms with van der Waals surface area (Å²) in [4.78, 5) is 4.47. The molecule has 0 heterocycles. The highest BCUT2D eigenvalue weighted by Gasteiger charge is 2.17. The third-order valence-corrected chi connectivity index (χ3v) is 4.87. The first-order valence-electron chi connectivity index (χ1n) is 12.7. The van der Waals surface area contributed by atoms with E-state index in [1.165, 1.54) is 28.5 Å². The van der Waals surface area contributed by atoms with E-state index in [4.69, 9.17) is 0 Å². The third-order valence-electron chi connectivity index (χ3n) is 4.87. The molecule has 1 aliphatic rings. The first kappa shape index (κ1) is 34.1. The molecule has 35 heavy (non-hydrogen) atoms. The van der Waals surface area contributed by atoms with Gasteiger partial charge in [0, 0.05) is 19.8 Å². The SMILES string of the molecule is C=CN=C(C(=C)NCC1=CCC(C)=C(CC(=C)C)C=C1)/C(=N/NC(=CC)NC)C(C)C.CC.CC. The number of aliphatic imine (C=N–C) groups is 1. The normalized spacial score (nSPS) is 14.0.